The summed E-state index contributed by atoms with van der Waals surface area (Å²) in [4.78, 5) is 27.6. The maximum Gasteiger partial charge on any atom is 0.254 e. The maximum absolute atomic E-state index is 13.1. The van der Waals surface area contributed by atoms with Gasteiger partial charge in [0.25, 0.3) is 5.91 Å². The molecule has 5 nitrogen and oxygen atoms in total. The van der Waals surface area contributed by atoms with Crippen molar-refractivity contribution in [1.82, 2.24) is 10.2 Å². The number of fused-ring (bicyclic) bond motifs is 1. The van der Waals surface area contributed by atoms with Gasteiger partial charge in [-0.25, -0.2) is 0 Å². The molecule has 0 bridgehead atoms. The summed E-state index contributed by atoms with van der Waals surface area (Å²) in [6.45, 7) is 0.722. The van der Waals surface area contributed by atoms with Crippen LogP contribution in [-0.2, 0) is 24.3 Å². The topological polar surface area (TPSA) is 62.6 Å². The number of nitrogens with one attached hydrogen (secondary N) is 1. The number of furan rings is 1. The van der Waals surface area contributed by atoms with Gasteiger partial charge in [0.1, 0.15) is 11.8 Å². The minimum atomic E-state index is -0.553. The highest BCUT2D eigenvalue weighted by molar-refractivity contribution is 5.98. The molecule has 0 spiro atoms. The average Bonchev–Trinajstić information content (AvgIpc) is 3.25. The quantitative estimate of drug-likeness (QED) is 0.777. The van der Waals surface area contributed by atoms with Crippen molar-refractivity contribution in [3.63, 3.8) is 0 Å². The molecule has 2 amide bonds. The van der Waals surface area contributed by atoms with Crippen LogP contribution in [0.25, 0.3) is 0 Å². The zero-order valence-corrected chi connectivity index (χ0v) is 14.8. The number of hydrogen-bond donors (Lipinski definition) is 1. The molecule has 1 atom stereocenters. The average molecular weight is 360 g/mol. The summed E-state index contributed by atoms with van der Waals surface area (Å²) in [7, 11) is 0. The van der Waals surface area contributed by atoms with Crippen LogP contribution in [0.15, 0.2) is 77.4 Å². The van der Waals surface area contributed by atoms with Gasteiger partial charge in [-0.15, -0.1) is 0 Å². The Labute approximate surface area is 157 Å². The van der Waals surface area contributed by atoms with Crippen molar-refractivity contribution in [1.29, 1.82) is 0 Å². The van der Waals surface area contributed by atoms with Gasteiger partial charge in [0, 0.05) is 18.5 Å². The standard InChI is InChI=1S/C22H20N2O3/c25-21(23-14-19-11-6-12-27-19)20-13-17-9-4-5-10-18(17)15-24(20)22(26)16-7-2-1-3-8-16/h1-12,20H,13-15H2,(H,23,25)/t20-/m1/s1. The predicted octanol–water partition coefficient (Wildman–Crippen LogP) is 3.16. The first kappa shape index (κ1) is 17.1. The van der Waals surface area contributed by atoms with Crippen LogP contribution in [0.2, 0.25) is 0 Å². The van der Waals surface area contributed by atoms with Crippen LogP contribution in [-0.4, -0.2) is 22.8 Å². The molecule has 1 N–H and O–H groups in total. The van der Waals surface area contributed by atoms with Gasteiger partial charge >= 0.3 is 0 Å². The molecular formula is C22H20N2O3. The SMILES string of the molecule is O=C(NCc1ccco1)[C@H]1Cc2ccccc2CN1C(=O)c1ccccc1. The van der Waals surface area contributed by atoms with Crippen LogP contribution in [0.1, 0.15) is 27.2 Å². The third kappa shape index (κ3) is 3.62. The van der Waals surface area contributed by atoms with E-state index in [1.165, 1.54) is 0 Å². The van der Waals surface area contributed by atoms with E-state index in [1.54, 1.807) is 29.4 Å². The zero-order chi connectivity index (χ0) is 18.6. The number of nitrogens with zero attached hydrogens (tertiary/aromatic N) is 1. The Bertz CT molecular complexity index is 935. The molecule has 0 aliphatic carbocycles. The van der Waals surface area contributed by atoms with Crippen LogP contribution in [0.5, 0.6) is 0 Å². The molecule has 5 heteroatoms. The molecule has 2 heterocycles. The number of amides is 2. The van der Waals surface area contributed by atoms with E-state index in [-0.39, 0.29) is 11.8 Å². The van der Waals surface area contributed by atoms with Gasteiger partial charge in [-0.05, 0) is 35.4 Å². The minimum Gasteiger partial charge on any atom is -0.467 e. The minimum absolute atomic E-state index is 0.136. The molecule has 4 rings (SSSR count). The van der Waals surface area contributed by atoms with E-state index in [1.807, 2.05) is 48.5 Å². The largest absolute Gasteiger partial charge is 0.467 e. The fourth-order valence-electron chi connectivity index (χ4n) is 3.42. The van der Waals surface area contributed by atoms with Gasteiger partial charge in [0.05, 0.1) is 12.8 Å². The summed E-state index contributed by atoms with van der Waals surface area (Å²) in [5, 5.41) is 2.90. The van der Waals surface area contributed by atoms with Gasteiger partial charge in [-0.1, -0.05) is 42.5 Å². The Hall–Kier alpha value is -3.34. The monoisotopic (exact) mass is 360 g/mol. The second-order valence-electron chi connectivity index (χ2n) is 6.58. The summed E-state index contributed by atoms with van der Waals surface area (Å²) in [5.74, 6) is 0.369. The van der Waals surface area contributed by atoms with E-state index in [0.29, 0.717) is 30.8 Å². The van der Waals surface area contributed by atoms with E-state index in [2.05, 4.69) is 5.32 Å². The van der Waals surface area contributed by atoms with Crippen molar-refractivity contribution >= 4 is 11.8 Å². The van der Waals surface area contributed by atoms with Gasteiger partial charge < -0.3 is 14.6 Å². The molecule has 1 aliphatic rings. The molecule has 0 fully saturated rings. The van der Waals surface area contributed by atoms with Gasteiger partial charge in [0.2, 0.25) is 5.91 Å². The third-order valence-electron chi connectivity index (χ3n) is 4.85. The Kier molecular flexibility index (Phi) is 4.75. The third-order valence-corrected chi connectivity index (χ3v) is 4.85. The molecule has 1 aliphatic heterocycles. The first-order valence-electron chi connectivity index (χ1n) is 8.95. The smallest absolute Gasteiger partial charge is 0.254 e. The zero-order valence-electron chi connectivity index (χ0n) is 14.8. The van der Waals surface area contributed by atoms with Gasteiger partial charge in [0.15, 0.2) is 0 Å². The summed E-state index contributed by atoms with van der Waals surface area (Å²) in [5.41, 5.74) is 2.77. The van der Waals surface area contributed by atoms with E-state index in [9.17, 15) is 9.59 Å². The Morgan fingerprint density at radius 2 is 1.70 bits per heavy atom. The molecule has 2 aromatic carbocycles. The fraction of sp³-hybridized carbons (Fsp3) is 0.182. The summed E-state index contributed by atoms with van der Waals surface area (Å²) in [6.07, 6.45) is 2.07. The lowest BCUT2D eigenvalue weighted by atomic mass is 9.92. The highest BCUT2D eigenvalue weighted by Gasteiger charge is 2.34. The van der Waals surface area contributed by atoms with Gasteiger partial charge in [-0.2, -0.15) is 0 Å². The molecule has 0 saturated heterocycles. The van der Waals surface area contributed by atoms with E-state index in [4.69, 9.17) is 4.42 Å². The Balaban J connectivity index is 1.59. The highest BCUT2D eigenvalue weighted by atomic mass is 16.3. The van der Waals surface area contributed by atoms with E-state index < -0.39 is 6.04 Å². The molecule has 0 radical (unpaired) electrons. The number of benzene rings is 2. The van der Waals surface area contributed by atoms with E-state index >= 15 is 0 Å². The fourth-order valence-corrected chi connectivity index (χ4v) is 3.42. The van der Waals surface area contributed by atoms with Crippen molar-refractivity contribution in [2.75, 3.05) is 0 Å². The molecule has 0 unspecified atom stereocenters. The molecule has 3 aromatic rings. The molecule has 136 valence electrons. The maximum atomic E-state index is 13.1. The number of carbonyl (C=O) groups excluding carboxylic acids is 2. The lowest BCUT2D eigenvalue weighted by Gasteiger charge is -2.36. The lowest BCUT2D eigenvalue weighted by molar-refractivity contribution is -0.126. The predicted molar refractivity (Wildman–Crippen MR) is 101 cm³/mol. The number of hydrogen-bond acceptors (Lipinski definition) is 3. The Morgan fingerprint density at radius 3 is 2.44 bits per heavy atom. The molecule has 0 saturated carbocycles. The van der Waals surface area contributed by atoms with Crippen LogP contribution >= 0.6 is 0 Å². The number of rotatable bonds is 4. The lowest BCUT2D eigenvalue weighted by Crippen LogP contribution is -2.52. The second-order valence-corrected chi connectivity index (χ2v) is 6.58. The van der Waals surface area contributed by atoms with Crippen LogP contribution in [0, 0.1) is 0 Å². The van der Waals surface area contributed by atoms with Gasteiger partial charge in [-0.3, -0.25) is 9.59 Å². The van der Waals surface area contributed by atoms with Crippen LogP contribution in [0.4, 0.5) is 0 Å². The van der Waals surface area contributed by atoms with Crippen molar-refractivity contribution in [2.45, 2.75) is 25.6 Å². The summed E-state index contributed by atoms with van der Waals surface area (Å²) < 4.78 is 5.28. The van der Waals surface area contributed by atoms with Crippen molar-refractivity contribution < 1.29 is 14.0 Å². The van der Waals surface area contributed by atoms with Crippen molar-refractivity contribution in [2.24, 2.45) is 0 Å². The molecule has 1 aromatic heterocycles. The summed E-state index contributed by atoms with van der Waals surface area (Å²) in [6, 6.07) is 20.1. The van der Waals surface area contributed by atoms with Crippen molar-refractivity contribution in [3.8, 4) is 0 Å². The first-order chi connectivity index (χ1) is 13.2. The van der Waals surface area contributed by atoms with Crippen molar-refractivity contribution in [3.05, 3.63) is 95.4 Å². The highest BCUT2D eigenvalue weighted by Crippen LogP contribution is 2.25. The molecule has 27 heavy (non-hydrogen) atoms. The summed E-state index contributed by atoms with van der Waals surface area (Å²) >= 11 is 0. The number of carbonyl (C=O) groups is 2. The van der Waals surface area contributed by atoms with Crippen LogP contribution < -0.4 is 5.32 Å². The molecular weight excluding hydrogens is 340 g/mol. The normalized spacial score (nSPS) is 15.9. The van der Waals surface area contributed by atoms with E-state index in [0.717, 1.165) is 11.1 Å². The Morgan fingerprint density at radius 1 is 0.963 bits per heavy atom. The first-order valence-corrected chi connectivity index (χ1v) is 8.95. The second kappa shape index (κ2) is 7.50. The van der Waals surface area contributed by atoms with Crippen LogP contribution in [0.3, 0.4) is 0 Å².